The minimum Gasteiger partial charge on any atom is -0.493 e. The summed E-state index contributed by atoms with van der Waals surface area (Å²) in [6, 6.07) is 13.5. The highest BCUT2D eigenvalue weighted by atomic mass is 16.5. The van der Waals surface area contributed by atoms with Gasteiger partial charge in [0.05, 0.1) is 14.2 Å². The molecule has 0 N–H and O–H groups in total. The van der Waals surface area contributed by atoms with Crippen LogP contribution in [0.25, 0.3) is 0 Å². The Morgan fingerprint density at radius 2 is 1.70 bits per heavy atom. The lowest BCUT2D eigenvalue weighted by atomic mass is 9.92. The number of methoxy groups -OCH3 is 2. The van der Waals surface area contributed by atoms with Crippen molar-refractivity contribution >= 4 is 0 Å². The van der Waals surface area contributed by atoms with E-state index in [1.165, 1.54) is 22.3 Å². The molecule has 23 heavy (non-hydrogen) atoms. The molecular weight excluding hydrogens is 286 g/mol. The van der Waals surface area contributed by atoms with Crippen LogP contribution in [0.15, 0.2) is 36.4 Å². The third kappa shape index (κ3) is 3.20. The van der Waals surface area contributed by atoms with Crippen molar-refractivity contribution in [2.45, 2.75) is 32.9 Å². The second-order valence-electron chi connectivity index (χ2n) is 6.29. The summed E-state index contributed by atoms with van der Waals surface area (Å²) in [6.45, 7) is 6.45. The molecule has 0 saturated heterocycles. The molecule has 0 bridgehead atoms. The van der Waals surface area contributed by atoms with Gasteiger partial charge in [-0.2, -0.15) is 0 Å². The summed E-state index contributed by atoms with van der Waals surface area (Å²) in [4.78, 5) is 2.53. The Labute approximate surface area is 138 Å². The molecule has 0 saturated carbocycles. The van der Waals surface area contributed by atoms with Crippen LogP contribution in [-0.2, 0) is 13.0 Å². The summed E-state index contributed by atoms with van der Waals surface area (Å²) in [7, 11) is 3.39. The number of hydrogen-bond donors (Lipinski definition) is 0. The number of ether oxygens (including phenoxy) is 2. The molecule has 3 rings (SSSR count). The second-order valence-corrected chi connectivity index (χ2v) is 6.29. The van der Waals surface area contributed by atoms with Crippen molar-refractivity contribution in [3.8, 4) is 11.5 Å². The van der Waals surface area contributed by atoms with Crippen LogP contribution in [0.2, 0.25) is 0 Å². The Bertz CT molecular complexity index is 679. The molecule has 0 spiro atoms. The predicted octanol–water partition coefficient (Wildman–Crippen LogP) is 4.13. The minimum absolute atomic E-state index is 0.375. The molecule has 0 aromatic heterocycles. The Balaban J connectivity index is 1.84. The molecule has 0 unspecified atom stereocenters. The molecule has 122 valence electrons. The van der Waals surface area contributed by atoms with Crippen LogP contribution in [0.5, 0.6) is 11.5 Å². The third-order valence-corrected chi connectivity index (χ3v) is 4.82. The number of fused-ring (bicyclic) bond motifs is 1. The molecule has 1 atom stereocenters. The first kappa shape index (κ1) is 15.9. The molecule has 0 aliphatic carbocycles. The summed E-state index contributed by atoms with van der Waals surface area (Å²) >= 11 is 0. The van der Waals surface area contributed by atoms with Crippen molar-refractivity contribution in [1.82, 2.24) is 4.90 Å². The zero-order chi connectivity index (χ0) is 16.4. The molecule has 3 nitrogen and oxygen atoms in total. The number of rotatable bonds is 4. The molecule has 1 aliphatic rings. The van der Waals surface area contributed by atoms with Gasteiger partial charge in [0.15, 0.2) is 11.5 Å². The maximum absolute atomic E-state index is 5.47. The van der Waals surface area contributed by atoms with Gasteiger partial charge in [-0.25, -0.2) is 0 Å². The van der Waals surface area contributed by atoms with Crippen molar-refractivity contribution < 1.29 is 9.47 Å². The molecule has 0 amide bonds. The fraction of sp³-hybridized carbons (Fsp3) is 0.400. The van der Waals surface area contributed by atoms with Gasteiger partial charge in [-0.3, -0.25) is 4.90 Å². The van der Waals surface area contributed by atoms with Gasteiger partial charge in [-0.15, -0.1) is 0 Å². The normalized spacial score (nSPS) is 17.7. The van der Waals surface area contributed by atoms with E-state index in [0.717, 1.165) is 31.0 Å². The van der Waals surface area contributed by atoms with Crippen molar-refractivity contribution in [3.63, 3.8) is 0 Å². The summed E-state index contributed by atoms with van der Waals surface area (Å²) < 4.78 is 10.9. The van der Waals surface area contributed by atoms with Gasteiger partial charge in [0.2, 0.25) is 0 Å². The number of hydrogen-bond acceptors (Lipinski definition) is 3. The van der Waals surface area contributed by atoms with Crippen molar-refractivity contribution in [1.29, 1.82) is 0 Å². The quantitative estimate of drug-likeness (QED) is 0.847. The van der Waals surface area contributed by atoms with Crippen LogP contribution in [0, 0.1) is 6.92 Å². The van der Waals surface area contributed by atoms with Gasteiger partial charge in [-0.05, 0) is 49.1 Å². The average Bonchev–Trinajstić information content (AvgIpc) is 2.58. The summed E-state index contributed by atoms with van der Waals surface area (Å²) in [5.74, 6) is 1.64. The SMILES string of the molecule is COc1cc2c(cc1OC)[C@H](C)N(Cc1ccc(C)cc1)CC2. The number of benzene rings is 2. The van der Waals surface area contributed by atoms with Crippen LogP contribution in [0.1, 0.15) is 35.2 Å². The fourth-order valence-corrected chi connectivity index (χ4v) is 3.34. The van der Waals surface area contributed by atoms with Gasteiger partial charge >= 0.3 is 0 Å². The van der Waals surface area contributed by atoms with Gasteiger partial charge in [0, 0.05) is 19.1 Å². The first-order valence-electron chi connectivity index (χ1n) is 8.16. The first-order valence-corrected chi connectivity index (χ1v) is 8.16. The molecule has 0 fully saturated rings. The Kier molecular flexibility index (Phi) is 4.58. The van der Waals surface area contributed by atoms with E-state index in [-0.39, 0.29) is 0 Å². The van der Waals surface area contributed by atoms with Crippen LogP contribution < -0.4 is 9.47 Å². The molecule has 1 aliphatic heterocycles. The van der Waals surface area contributed by atoms with Gasteiger partial charge in [-0.1, -0.05) is 29.8 Å². The highest BCUT2D eigenvalue weighted by molar-refractivity contribution is 5.49. The van der Waals surface area contributed by atoms with Crippen LogP contribution in [-0.4, -0.2) is 25.7 Å². The summed E-state index contributed by atoms with van der Waals surface area (Å²) in [5, 5.41) is 0. The number of aryl methyl sites for hydroxylation is 1. The van der Waals surface area contributed by atoms with E-state index in [1.807, 2.05) is 0 Å². The molecular formula is C20H25NO2. The fourth-order valence-electron chi connectivity index (χ4n) is 3.34. The summed E-state index contributed by atoms with van der Waals surface area (Å²) in [6.07, 6.45) is 1.05. The Morgan fingerprint density at radius 1 is 1.04 bits per heavy atom. The van der Waals surface area contributed by atoms with Crippen molar-refractivity contribution in [2.75, 3.05) is 20.8 Å². The highest BCUT2D eigenvalue weighted by Gasteiger charge is 2.25. The van der Waals surface area contributed by atoms with E-state index < -0.39 is 0 Å². The Hall–Kier alpha value is -2.00. The van der Waals surface area contributed by atoms with E-state index in [9.17, 15) is 0 Å². The van der Waals surface area contributed by atoms with E-state index in [2.05, 4.69) is 55.1 Å². The molecule has 3 heteroatoms. The van der Waals surface area contributed by atoms with E-state index >= 15 is 0 Å². The smallest absolute Gasteiger partial charge is 0.161 e. The molecule has 2 aromatic carbocycles. The molecule has 0 radical (unpaired) electrons. The van der Waals surface area contributed by atoms with Crippen LogP contribution in [0.3, 0.4) is 0 Å². The monoisotopic (exact) mass is 311 g/mol. The van der Waals surface area contributed by atoms with E-state index in [4.69, 9.17) is 9.47 Å². The van der Waals surface area contributed by atoms with Crippen LogP contribution >= 0.6 is 0 Å². The maximum atomic E-state index is 5.47. The lowest BCUT2D eigenvalue weighted by Gasteiger charge is -2.35. The van der Waals surface area contributed by atoms with Gasteiger partial charge in [0.25, 0.3) is 0 Å². The predicted molar refractivity (Wildman–Crippen MR) is 93.3 cm³/mol. The lowest BCUT2D eigenvalue weighted by molar-refractivity contribution is 0.189. The van der Waals surface area contributed by atoms with Crippen molar-refractivity contribution in [3.05, 3.63) is 58.7 Å². The maximum Gasteiger partial charge on any atom is 0.161 e. The molecule has 2 aromatic rings. The largest absolute Gasteiger partial charge is 0.493 e. The highest BCUT2D eigenvalue weighted by Crippen LogP contribution is 2.38. The number of nitrogens with zero attached hydrogens (tertiary/aromatic N) is 1. The average molecular weight is 311 g/mol. The Morgan fingerprint density at radius 3 is 2.35 bits per heavy atom. The van der Waals surface area contributed by atoms with Crippen molar-refractivity contribution in [2.24, 2.45) is 0 Å². The summed E-state index contributed by atoms with van der Waals surface area (Å²) in [5.41, 5.74) is 5.39. The first-order chi connectivity index (χ1) is 11.1. The van der Waals surface area contributed by atoms with Gasteiger partial charge in [0.1, 0.15) is 0 Å². The van der Waals surface area contributed by atoms with Crippen LogP contribution in [0.4, 0.5) is 0 Å². The topological polar surface area (TPSA) is 21.7 Å². The lowest BCUT2D eigenvalue weighted by Crippen LogP contribution is -2.33. The van der Waals surface area contributed by atoms with E-state index in [1.54, 1.807) is 14.2 Å². The van der Waals surface area contributed by atoms with Gasteiger partial charge < -0.3 is 9.47 Å². The third-order valence-electron chi connectivity index (χ3n) is 4.82. The minimum atomic E-state index is 0.375. The zero-order valence-corrected chi connectivity index (χ0v) is 14.4. The van der Waals surface area contributed by atoms with E-state index in [0.29, 0.717) is 6.04 Å². The second kappa shape index (κ2) is 6.63. The molecule has 1 heterocycles. The zero-order valence-electron chi connectivity index (χ0n) is 14.4. The standard InChI is InChI=1S/C20H25NO2/c1-14-5-7-16(8-6-14)13-21-10-9-17-11-19(22-3)20(23-4)12-18(17)15(21)2/h5-8,11-12,15H,9-10,13H2,1-4H3/t15-/m0/s1.